The van der Waals surface area contributed by atoms with Crippen LogP contribution in [0.25, 0.3) is 0 Å². The average Bonchev–Trinajstić information content (AvgIpc) is 4.09. The lowest BCUT2D eigenvalue weighted by Crippen LogP contribution is -2.36. The summed E-state index contributed by atoms with van der Waals surface area (Å²) in [7, 11) is -0.612. The van der Waals surface area contributed by atoms with Crippen molar-refractivity contribution in [1.82, 2.24) is 16.0 Å². The summed E-state index contributed by atoms with van der Waals surface area (Å²) in [6.45, 7) is 39.1. The topological polar surface area (TPSA) is 136 Å². The van der Waals surface area contributed by atoms with Gasteiger partial charge in [-0.3, -0.25) is 4.21 Å². The number of piperidine rings is 2. The number of hydrogen-bond acceptors (Lipinski definition) is 14. The summed E-state index contributed by atoms with van der Waals surface area (Å²) in [6.07, 6.45) is 18.3. The molecule has 0 aliphatic carbocycles. The first-order valence-electron chi connectivity index (χ1n) is 27.2. The molecule has 13 nitrogen and oxygen atoms in total. The fraction of sp³-hybridized carbons (Fsp3) is 1.00. The predicted molar refractivity (Wildman–Crippen MR) is 286 cm³/mol. The van der Waals surface area contributed by atoms with E-state index >= 15 is 0 Å². The lowest BCUT2D eigenvalue weighted by molar-refractivity contribution is -0.0563. The van der Waals surface area contributed by atoms with E-state index in [0.29, 0.717) is 73.2 Å². The first kappa shape index (κ1) is 66.0. The Bertz CT molecular complexity index is 1010. The van der Waals surface area contributed by atoms with Gasteiger partial charge in [-0.15, -0.1) is 0 Å². The highest BCUT2D eigenvalue weighted by Gasteiger charge is 2.21. The molecule has 15 heteroatoms. The third-order valence-corrected chi connectivity index (χ3v) is 13.6. The van der Waals surface area contributed by atoms with Gasteiger partial charge in [0.2, 0.25) is 0 Å². The molecule has 7 fully saturated rings. The molecule has 0 saturated carbocycles. The minimum absolute atomic E-state index is 0.254. The highest BCUT2D eigenvalue weighted by molar-refractivity contribution is 7.99. The molecule has 6 unspecified atom stereocenters. The van der Waals surface area contributed by atoms with Crippen LogP contribution in [-0.4, -0.2) is 178 Å². The van der Waals surface area contributed by atoms with Gasteiger partial charge in [0.1, 0.15) is 0 Å². The Balaban J connectivity index is 0.000000397. The Morgan fingerprint density at radius 1 is 0.426 bits per heavy atom. The van der Waals surface area contributed by atoms with E-state index in [2.05, 4.69) is 99.0 Å². The Labute approximate surface area is 425 Å². The molecule has 68 heavy (non-hydrogen) atoms. The molecule has 7 aliphatic heterocycles. The fourth-order valence-electron chi connectivity index (χ4n) is 8.31. The normalized spacial score (nSPS) is 26.7. The first-order chi connectivity index (χ1) is 32.4. The molecular weight excluding hydrogens is 903 g/mol. The van der Waals surface area contributed by atoms with Crippen LogP contribution in [-0.2, 0) is 53.4 Å². The lowest BCUT2D eigenvalue weighted by atomic mass is 10.1. The number of rotatable bonds is 14. The van der Waals surface area contributed by atoms with Gasteiger partial charge in [0.25, 0.3) is 0 Å². The summed E-state index contributed by atoms with van der Waals surface area (Å²) >= 11 is 2.00. The molecule has 0 amide bonds. The van der Waals surface area contributed by atoms with Crippen LogP contribution >= 0.6 is 11.8 Å². The Morgan fingerprint density at radius 3 is 1.28 bits per heavy atom. The molecule has 3 N–H and O–H groups in total. The molecule has 408 valence electrons. The predicted octanol–water partition coefficient (Wildman–Crippen LogP) is 9.13. The van der Waals surface area contributed by atoms with Gasteiger partial charge >= 0.3 is 0 Å². The maximum absolute atomic E-state index is 11.1. The van der Waals surface area contributed by atoms with Crippen molar-refractivity contribution in [2.75, 3.05) is 88.7 Å². The standard InChI is InChI=1S/2C8H17NO.C8H16O2S.C8H16O2.C7H15NO.C7H14O2.C7H14OS/c1-7(2)10-8-3-5-9-6-4-8;1-7(2)10-8-4-3-5-9-6-8;1-7(2)10-8-4-3-5-11(9)6-8;1-7(2)10-8-3-5-9-6-4-8;2*1-6(2)9-7-3-4-8-5-7;1-6(2)8-7-3-4-9-5-7/h2*7-9H,3-6H2,1-2H3;7-8H,3-6H2,1-2H3;7-8H,3-6H2,1-2H3;6-8H,3-5H2,1-2H3;2*6-7H,3-5H2,1-2H3. The molecule has 0 aromatic carbocycles. The van der Waals surface area contributed by atoms with E-state index in [9.17, 15) is 4.21 Å². The minimum Gasteiger partial charge on any atom is -0.381 e. The average molecular weight is 1010 g/mol. The van der Waals surface area contributed by atoms with E-state index < -0.39 is 10.8 Å². The van der Waals surface area contributed by atoms with Crippen molar-refractivity contribution in [2.24, 2.45) is 0 Å². The molecule has 0 radical (unpaired) electrons. The quantitative estimate of drug-likeness (QED) is 0.153. The van der Waals surface area contributed by atoms with Gasteiger partial charge in [-0.05, 0) is 199 Å². The zero-order valence-corrected chi connectivity index (χ0v) is 47.8. The van der Waals surface area contributed by atoms with Crippen molar-refractivity contribution in [2.45, 2.75) is 253 Å². The van der Waals surface area contributed by atoms with Gasteiger partial charge in [0.15, 0.2) is 0 Å². The van der Waals surface area contributed by atoms with Gasteiger partial charge in [0, 0.05) is 61.0 Å². The molecule has 6 atom stereocenters. The molecule has 0 aromatic heterocycles. The molecule has 7 rings (SSSR count). The lowest BCUT2D eigenvalue weighted by Gasteiger charge is -2.24. The van der Waals surface area contributed by atoms with Crippen molar-refractivity contribution in [3.8, 4) is 0 Å². The van der Waals surface area contributed by atoms with Crippen LogP contribution < -0.4 is 16.0 Å². The summed E-state index contributed by atoms with van der Waals surface area (Å²) in [4.78, 5) is 0. The van der Waals surface area contributed by atoms with E-state index in [1.807, 2.05) is 25.6 Å². The van der Waals surface area contributed by atoms with E-state index in [0.717, 1.165) is 109 Å². The maximum Gasteiger partial charge on any atom is 0.0833 e. The van der Waals surface area contributed by atoms with Crippen molar-refractivity contribution >= 4 is 22.6 Å². The summed E-state index contributed by atoms with van der Waals surface area (Å²) < 4.78 is 60.5. The van der Waals surface area contributed by atoms with E-state index in [-0.39, 0.29) is 12.2 Å². The van der Waals surface area contributed by atoms with E-state index in [4.69, 9.17) is 42.6 Å². The van der Waals surface area contributed by atoms with Crippen molar-refractivity contribution in [1.29, 1.82) is 0 Å². The van der Waals surface area contributed by atoms with Gasteiger partial charge in [0.05, 0.1) is 92.1 Å². The van der Waals surface area contributed by atoms with Crippen molar-refractivity contribution < 1.29 is 46.8 Å². The SMILES string of the molecule is CC(C)OC1CCCNC1.CC(C)OC1CCCS(=O)C1.CC(C)OC1CCNC1.CC(C)OC1CCNCC1.CC(C)OC1CCOC1.CC(C)OC1CCOCC1.CC(C)OC1CCSC1. The molecule has 7 aliphatic rings. The summed E-state index contributed by atoms with van der Waals surface area (Å²) in [5.74, 6) is 4.12. The maximum atomic E-state index is 11.1. The molecule has 0 bridgehead atoms. The molecule has 0 spiro atoms. The van der Waals surface area contributed by atoms with Gasteiger partial charge in [-0.2, -0.15) is 11.8 Å². The van der Waals surface area contributed by atoms with Crippen LogP contribution in [0.4, 0.5) is 0 Å². The highest BCUT2D eigenvalue weighted by atomic mass is 32.2. The number of ether oxygens (including phenoxy) is 9. The molecule has 7 heterocycles. The van der Waals surface area contributed by atoms with Crippen LogP contribution in [0, 0.1) is 0 Å². The van der Waals surface area contributed by atoms with Gasteiger partial charge < -0.3 is 58.6 Å². The van der Waals surface area contributed by atoms with Crippen LogP contribution in [0.3, 0.4) is 0 Å². The summed E-state index contributed by atoms with van der Waals surface area (Å²) in [6, 6.07) is 0. The Hall–Kier alpha value is 0.0200. The van der Waals surface area contributed by atoms with Crippen LogP contribution in [0.5, 0.6) is 0 Å². The third-order valence-electron chi connectivity index (χ3n) is 11.0. The smallest absolute Gasteiger partial charge is 0.0833 e. The largest absolute Gasteiger partial charge is 0.381 e. The van der Waals surface area contributed by atoms with Gasteiger partial charge in [-0.25, -0.2) is 0 Å². The Morgan fingerprint density at radius 2 is 0.838 bits per heavy atom. The van der Waals surface area contributed by atoms with Crippen molar-refractivity contribution in [3.05, 3.63) is 0 Å². The zero-order valence-electron chi connectivity index (χ0n) is 46.2. The van der Waals surface area contributed by atoms with Crippen LogP contribution in [0.1, 0.15) is 168 Å². The third kappa shape index (κ3) is 40.5. The number of hydrogen-bond donors (Lipinski definition) is 3. The first-order valence-corrected chi connectivity index (χ1v) is 29.8. The Kier molecular flexibility index (Phi) is 41.2. The van der Waals surface area contributed by atoms with Gasteiger partial charge in [-0.1, -0.05) is 0 Å². The van der Waals surface area contributed by atoms with Crippen LogP contribution in [0.15, 0.2) is 0 Å². The summed E-state index contributed by atoms with van der Waals surface area (Å²) in [5, 5.41) is 9.88. The second-order valence-electron chi connectivity index (χ2n) is 20.7. The summed E-state index contributed by atoms with van der Waals surface area (Å²) in [5.41, 5.74) is 0. The minimum atomic E-state index is -0.612. The number of nitrogens with one attached hydrogen (secondary N) is 3. The monoisotopic (exact) mass is 1010 g/mol. The highest BCUT2D eigenvalue weighted by Crippen LogP contribution is 2.21. The van der Waals surface area contributed by atoms with Crippen molar-refractivity contribution in [3.63, 3.8) is 0 Å². The van der Waals surface area contributed by atoms with E-state index in [1.54, 1.807) is 0 Å². The second kappa shape index (κ2) is 42.4. The second-order valence-corrected chi connectivity index (χ2v) is 23.5. The molecular formula is C53H109N3O10S2. The molecule has 7 saturated heterocycles. The zero-order chi connectivity index (χ0) is 50.5. The fourth-order valence-corrected chi connectivity index (χ4v) is 10.7. The van der Waals surface area contributed by atoms with E-state index in [1.165, 1.54) is 50.0 Å². The molecule has 0 aromatic rings. The van der Waals surface area contributed by atoms with Crippen LogP contribution in [0.2, 0.25) is 0 Å². The number of thioether (sulfide) groups is 1.